The Morgan fingerprint density at radius 2 is 1.81 bits per heavy atom. The monoisotopic (exact) mass is 386 g/mol. The van der Waals surface area contributed by atoms with E-state index in [1.807, 2.05) is 28.5 Å². The average molecular weight is 386 g/mol. The minimum Gasteiger partial charge on any atom is -0.420 e. The molecule has 3 heterocycles. The molecule has 5 nitrogen and oxygen atoms in total. The lowest BCUT2D eigenvalue weighted by Gasteiger charge is -2.14. The lowest BCUT2D eigenvalue weighted by atomic mass is 10.4. The van der Waals surface area contributed by atoms with Crippen molar-refractivity contribution in [2.24, 2.45) is 0 Å². The molecule has 3 aromatic rings. The van der Waals surface area contributed by atoms with E-state index in [0.717, 1.165) is 30.8 Å². The van der Waals surface area contributed by atoms with Crippen LogP contribution in [0.2, 0.25) is 0 Å². The van der Waals surface area contributed by atoms with Crippen LogP contribution >= 0.6 is 11.3 Å². The molecule has 134 valence electrons. The minimum atomic E-state index is -3.74. The number of hydrogen-bond acceptors (Lipinski definition) is 6. The van der Waals surface area contributed by atoms with E-state index in [0.29, 0.717) is 11.8 Å². The van der Waals surface area contributed by atoms with Gasteiger partial charge in [0.15, 0.2) is 0 Å². The van der Waals surface area contributed by atoms with Crippen LogP contribution in [0, 0.1) is 0 Å². The van der Waals surface area contributed by atoms with Crippen molar-refractivity contribution in [2.45, 2.75) is 22.8 Å². The Kier molecular flexibility index (Phi) is 4.65. The number of nitrogens with zero attached hydrogens (tertiary/aromatic N) is 2. The van der Waals surface area contributed by atoms with Crippen molar-refractivity contribution < 1.29 is 12.8 Å². The standard InChI is InChI=1S/C19H18N2O3S2/c22-26(23,16-8-2-1-3-9-16)18-19(21-12-4-5-13-21)24-17(20-18)11-10-15-7-6-14-25-15/h1-3,6-11,14H,4-5,12-13H2. The second-order valence-corrected chi connectivity index (χ2v) is 8.87. The van der Waals surface area contributed by atoms with Gasteiger partial charge in [0.05, 0.1) is 4.90 Å². The largest absolute Gasteiger partial charge is 0.420 e. The molecule has 2 aromatic heterocycles. The number of sulfone groups is 1. The quantitative estimate of drug-likeness (QED) is 0.653. The van der Waals surface area contributed by atoms with E-state index in [4.69, 9.17) is 4.42 Å². The molecule has 0 unspecified atom stereocenters. The summed E-state index contributed by atoms with van der Waals surface area (Å²) in [6, 6.07) is 12.3. The summed E-state index contributed by atoms with van der Waals surface area (Å²) in [4.78, 5) is 7.57. The first kappa shape index (κ1) is 17.1. The van der Waals surface area contributed by atoms with Crippen molar-refractivity contribution in [3.05, 3.63) is 58.6 Å². The molecule has 0 radical (unpaired) electrons. The van der Waals surface area contributed by atoms with Crippen LogP contribution in [0.25, 0.3) is 12.2 Å². The van der Waals surface area contributed by atoms with Gasteiger partial charge in [-0.15, -0.1) is 11.3 Å². The van der Waals surface area contributed by atoms with Crippen molar-refractivity contribution in [1.29, 1.82) is 0 Å². The van der Waals surface area contributed by atoms with Gasteiger partial charge in [-0.25, -0.2) is 8.42 Å². The summed E-state index contributed by atoms with van der Waals surface area (Å²) in [7, 11) is -3.74. The van der Waals surface area contributed by atoms with E-state index >= 15 is 0 Å². The fourth-order valence-electron chi connectivity index (χ4n) is 2.93. The summed E-state index contributed by atoms with van der Waals surface area (Å²) in [5.41, 5.74) is 0. The third kappa shape index (κ3) is 3.32. The van der Waals surface area contributed by atoms with E-state index in [1.165, 1.54) is 0 Å². The van der Waals surface area contributed by atoms with Crippen molar-refractivity contribution in [2.75, 3.05) is 18.0 Å². The molecule has 1 saturated heterocycles. The van der Waals surface area contributed by atoms with Crippen LogP contribution in [0.3, 0.4) is 0 Å². The highest BCUT2D eigenvalue weighted by molar-refractivity contribution is 7.91. The highest BCUT2D eigenvalue weighted by atomic mass is 32.2. The third-order valence-corrected chi connectivity index (χ3v) is 6.74. The van der Waals surface area contributed by atoms with Gasteiger partial charge in [0.1, 0.15) is 0 Å². The van der Waals surface area contributed by atoms with Gasteiger partial charge in [-0.2, -0.15) is 4.98 Å². The Morgan fingerprint density at radius 1 is 1.04 bits per heavy atom. The molecule has 0 saturated carbocycles. The Morgan fingerprint density at radius 3 is 2.50 bits per heavy atom. The van der Waals surface area contributed by atoms with Gasteiger partial charge in [-0.1, -0.05) is 24.3 Å². The zero-order valence-electron chi connectivity index (χ0n) is 14.0. The number of hydrogen-bond donors (Lipinski definition) is 0. The maximum atomic E-state index is 13.1. The molecule has 0 N–H and O–H groups in total. The van der Waals surface area contributed by atoms with Gasteiger partial charge in [0.2, 0.25) is 26.6 Å². The molecular weight excluding hydrogens is 368 g/mol. The van der Waals surface area contributed by atoms with E-state index in [2.05, 4.69) is 4.98 Å². The summed E-state index contributed by atoms with van der Waals surface area (Å²) < 4.78 is 32.0. The number of aromatic nitrogens is 1. The van der Waals surface area contributed by atoms with Crippen LogP contribution in [0.5, 0.6) is 0 Å². The predicted octanol–water partition coefficient (Wildman–Crippen LogP) is 4.34. The number of benzene rings is 1. The van der Waals surface area contributed by atoms with Crippen LogP contribution < -0.4 is 4.90 Å². The summed E-state index contributed by atoms with van der Waals surface area (Å²) in [5.74, 6) is 0.645. The van der Waals surface area contributed by atoms with Crippen LogP contribution in [-0.4, -0.2) is 26.5 Å². The Balaban J connectivity index is 1.77. The third-order valence-electron chi connectivity index (χ3n) is 4.23. The fraction of sp³-hybridized carbons (Fsp3) is 0.211. The highest BCUT2D eigenvalue weighted by Gasteiger charge is 2.31. The fourth-order valence-corrected chi connectivity index (χ4v) is 4.90. The molecule has 7 heteroatoms. The SMILES string of the molecule is O=S(=O)(c1ccccc1)c1nc(C=Cc2cccs2)oc1N1CCCC1. The molecule has 4 rings (SSSR count). The topological polar surface area (TPSA) is 63.4 Å². The lowest BCUT2D eigenvalue weighted by Crippen LogP contribution is -2.19. The Labute approximate surface area is 156 Å². The molecule has 0 atom stereocenters. The molecule has 26 heavy (non-hydrogen) atoms. The van der Waals surface area contributed by atoms with Gasteiger partial charge in [-0.3, -0.25) is 0 Å². The summed E-state index contributed by atoms with van der Waals surface area (Å²) in [5, 5.41) is 1.98. The van der Waals surface area contributed by atoms with Crippen LogP contribution in [0.1, 0.15) is 23.6 Å². The number of oxazole rings is 1. The molecule has 1 fully saturated rings. The van der Waals surface area contributed by atoms with E-state index in [1.54, 1.807) is 47.7 Å². The van der Waals surface area contributed by atoms with Crippen molar-refractivity contribution in [1.82, 2.24) is 4.98 Å². The second kappa shape index (κ2) is 7.09. The minimum absolute atomic E-state index is 0.00331. The van der Waals surface area contributed by atoms with Crippen molar-refractivity contribution in [3.8, 4) is 0 Å². The maximum absolute atomic E-state index is 13.1. The zero-order valence-corrected chi connectivity index (χ0v) is 15.7. The first-order valence-electron chi connectivity index (χ1n) is 8.42. The summed E-state index contributed by atoms with van der Waals surface area (Å²) in [6.45, 7) is 1.56. The predicted molar refractivity (Wildman–Crippen MR) is 103 cm³/mol. The van der Waals surface area contributed by atoms with E-state index < -0.39 is 9.84 Å². The zero-order chi connectivity index (χ0) is 18.0. The van der Waals surface area contributed by atoms with E-state index in [9.17, 15) is 8.42 Å². The van der Waals surface area contributed by atoms with Crippen molar-refractivity contribution in [3.63, 3.8) is 0 Å². The molecule has 0 bridgehead atoms. The van der Waals surface area contributed by atoms with Gasteiger partial charge >= 0.3 is 0 Å². The first-order valence-corrected chi connectivity index (χ1v) is 10.8. The molecule has 0 amide bonds. The van der Waals surface area contributed by atoms with Crippen LogP contribution in [0.4, 0.5) is 5.88 Å². The lowest BCUT2D eigenvalue weighted by molar-refractivity contribution is 0.534. The normalized spacial score (nSPS) is 15.2. The number of anilines is 1. The molecule has 0 spiro atoms. The molecule has 1 aliphatic heterocycles. The summed E-state index contributed by atoms with van der Waals surface area (Å²) in [6.07, 6.45) is 5.64. The summed E-state index contributed by atoms with van der Waals surface area (Å²) >= 11 is 1.60. The number of rotatable bonds is 5. The molecular formula is C19H18N2O3S2. The smallest absolute Gasteiger partial charge is 0.236 e. The molecule has 0 aliphatic carbocycles. The van der Waals surface area contributed by atoms with E-state index in [-0.39, 0.29) is 9.92 Å². The van der Waals surface area contributed by atoms with Gasteiger partial charge < -0.3 is 9.32 Å². The van der Waals surface area contributed by atoms with Gasteiger partial charge in [0, 0.05) is 24.0 Å². The van der Waals surface area contributed by atoms with Gasteiger partial charge in [-0.05, 0) is 42.5 Å². The van der Waals surface area contributed by atoms with Crippen LogP contribution in [-0.2, 0) is 9.84 Å². The second-order valence-electron chi connectivity index (χ2n) is 6.02. The van der Waals surface area contributed by atoms with Crippen molar-refractivity contribution >= 4 is 39.2 Å². The Hall–Kier alpha value is -2.38. The molecule has 1 aliphatic rings. The number of thiophene rings is 1. The Bertz CT molecular complexity index is 1000. The van der Waals surface area contributed by atoms with Gasteiger partial charge in [0.25, 0.3) is 0 Å². The maximum Gasteiger partial charge on any atom is 0.236 e. The first-order chi connectivity index (χ1) is 12.6. The molecule has 1 aromatic carbocycles. The van der Waals surface area contributed by atoms with Crippen LogP contribution in [0.15, 0.2) is 62.2 Å². The highest BCUT2D eigenvalue weighted by Crippen LogP contribution is 2.33. The average Bonchev–Trinajstić information content (AvgIpc) is 3.41.